The molecule has 0 fully saturated rings. The Morgan fingerprint density at radius 1 is 1.50 bits per heavy atom. The van der Waals surface area contributed by atoms with Gasteiger partial charge in [0.25, 0.3) is 0 Å². The number of nitrogens with zero attached hydrogens (tertiary/aromatic N) is 4. The third-order valence-electron chi connectivity index (χ3n) is 2.67. The van der Waals surface area contributed by atoms with E-state index in [9.17, 15) is 0 Å². The van der Waals surface area contributed by atoms with Gasteiger partial charge in [-0.15, -0.1) is 5.10 Å². The summed E-state index contributed by atoms with van der Waals surface area (Å²) >= 11 is 3.45. The molecule has 96 valence electrons. The minimum Gasteiger partial charge on any atom is -0.308 e. The first-order valence-electron chi connectivity index (χ1n) is 5.85. The standard InChI is InChI=1S/C12H16BrN5/c1-9(12-7-10(13)3-5-15-12)14-6-4-11-8-18(2)17-16-11/h3,5,7-9,14H,4,6H2,1-2H3. The molecule has 1 N–H and O–H groups in total. The van der Waals surface area contributed by atoms with E-state index in [0.29, 0.717) is 0 Å². The van der Waals surface area contributed by atoms with Gasteiger partial charge in [-0.25, -0.2) is 0 Å². The minimum atomic E-state index is 0.221. The molecule has 0 aliphatic heterocycles. The van der Waals surface area contributed by atoms with E-state index in [4.69, 9.17) is 0 Å². The Balaban J connectivity index is 1.83. The average Bonchev–Trinajstić information content (AvgIpc) is 2.75. The van der Waals surface area contributed by atoms with Gasteiger partial charge < -0.3 is 5.32 Å². The van der Waals surface area contributed by atoms with E-state index in [-0.39, 0.29) is 6.04 Å². The van der Waals surface area contributed by atoms with Crippen LogP contribution in [0.2, 0.25) is 0 Å². The van der Waals surface area contributed by atoms with Crippen molar-refractivity contribution in [3.05, 3.63) is 40.4 Å². The maximum atomic E-state index is 4.34. The first-order valence-corrected chi connectivity index (χ1v) is 6.64. The molecule has 2 aromatic heterocycles. The maximum absolute atomic E-state index is 4.34. The van der Waals surface area contributed by atoms with Gasteiger partial charge in [0.1, 0.15) is 0 Å². The fourth-order valence-electron chi connectivity index (χ4n) is 1.69. The number of hydrogen-bond donors (Lipinski definition) is 1. The van der Waals surface area contributed by atoms with Crippen molar-refractivity contribution in [1.82, 2.24) is 25.3 Å². The number of rotatable bonds is 5. The van der Waals surface area contributed by atoms with E-state index in [1.54, 1.807) is 10.9 Å². The summed E-state index contributed by atoms with van der Waals surface area (Å²) in [6.45, 7) is 2.96. The zero-order valence-electron chi connectivity index (χ0n) is 10.5. The van der Waals surface area contributed by atoms with E-state index in [1.807, 2.05) is 25.4 Å². The van der Waals surface area contributed by atoms with Gasteiger partial charge >= 0.3 is 0 Å². The first-order chi connectivity index (χ1) is 8.65. The predicted octanol–water partition coefficient (Wildman–Crippen LogP) is 1.87. The Kier molecular flexibility index (Phi) is 4.43. The molecule has 2 heterocycles. The summed E-state index contributed by atoms with van der Waals surface area (Å²) in [6, 6.07) is 4.18. The molecule has 18 heavy (non-hydrogen) atoms. The molecular formula is C12H16BrN5. The molecule has 0 aromatic carbocycles. The van der Waals surface area contributed by atoms with Crippen molar-refractivity contribution in [3.8, 4) is 0 Å². The Morgan fingerprint density at radius 2 is 2.33 bits per heavy atom. The number of hydrogen-bond acceptors (Lipinski definition) is 4. The van der Waals surface area contributed by atoms with Crippen LogP contribution < -0.4 is 5.32 Å². The predicted molar refractivity (Wildman–Crippen MR) is 73.1 cm³/mol. The van der Waals surface area contributed by atoms with Gasteiger partial charge in [0.2, 0.25) is 0 Å². The molecule has 0 bridgehead atoms. The molecule has 0 saturated carbocycles. The molecule has 0 aliphatic carbocycles. The van der Waals surface area contributed by atoms with Crippen LogP contribution in [0.5, 0.6) is 0 Å². The molecule has 2 aromatic rings. The van der Waals surface area contributed by atoms with Crippen LogP contribution in [0, 0.1) is 0 Å². The lowest BCUT2D eigenvalue weighted by molar-refractivity contribution is 0.561. The summed E-state index contributed by atoms with van der Waals surface area (Å²) in [5.74, 6) is 0. The number of halogens is 1. The Morgan fingerprint density at radius 3 is 3.00 bits per heavy atom. The fraction of sp³-hybridized carbons (Fsp3) is 0.417. The van der Waals surface area contributed by atoms with Crippen LogP contribution in [0.1, 0.15) is 24.4 Å². The van der Waals surface area contributed by atoms with Crippen molar-refractivity contribution in [2.75, 3.05) is 6.54 Å². The van der Waals surface area contributed by atoms with Crippen LogP contribution in [0.15, 0.2) is 29.0 Å². The van der Waals surface area contributed by atoms with Crippen molar-refractivity contribution < 1.29 is 0 Å². The number of nitrogens with one attached hydrogen (secondary N) is 1. The van der Waals surface area contributed by atoms with E-state index in [2.05, 4.69) is 43.5 Å². The highest BCUT2D eigenvalue weighted by atomic mass is 79.9. The zero-order chi connectivity index (χ0) is 13.0. The van der Waals surface area contributed by atoms with E-state index < -0.39 is 0 Å². The lowest BCUT2D eigenvalue weighted by Gasteiger charge is -2.12. The zero-order valence-corrected chi connectivity index (χ0v) is 12.1. The van der Waals surface area contributed by atoms with Crippen LogP contribution in [-0.4, -0.2) is 26.5 Å². The summed E-state index contributed by atoms with van der Waals surface area (Å²) in [5, 5.41) is 11.4. The maximum Gasteiger partial charge on any atom is 0.0839 e. The van der Waals surface area contributed by atoms with Crippen LogP contribution in [0.25, 0.3) is 0 Å². The second kappa shape index (κ2) is 6.06. The summed E-state index contributed by atoms with van der Waals surface area (Å²) in [6.07, 6.45) is 4.61. The lowest BCUT2D eigenvalue weighted by atomic mass is 10.2. The minimum absolute atomic E-state index is 0.221. The second-order valence-corrected chi connectivity index (χ2v) is 5.12. The molecule has 1 unspecified atom stereocenters. The molecule has 0 saturated heterocycles. The van der Waals surface area contributed by atoms with Crippen LogP contribution in [0.4, 0.5) is 0 Å². The van der Waals surface area contributed by atoms with Gasteiger partial charge in [-0.2, -0.15) is 0 Å². The van der Waals surface area contributed by atoms with Gasteiger partial charge in [-0.3, -0.25) is 9.67 Å². The Labute approximate surface area is 115 Å². The first kappa shape index (κ1) is 13.2. The SMILES string of the molecule is CC(NCCc1cn(C)nn1)c1cc(Br)ccn1. The largest absolute Gasteiger partial charge is 0.308 e. The lowest BCUT2D eigenvalue weighted by Crippen LogP contribution is -2.22. The Bertz CT molecular complexity index is 511. The van der Waals surface area contributed by atoms with Crippen molar-refractivity contribution in [3.63, 3.8) is 0 Å². The topological polar surface area (TPSA) is 55.6 Å². The molecular weight excluding hydrogens is 294 g/mol. The van der Waals surface area contributed by atoms with Crippen LogP contribution in [0.3, 0.4) is 0 Å². The normalized spacial score (nSPS) is 12.6. The molecule has 2 rings (SSSR count). The van der Waals surface area contributed by atoms with Gasteiger partial charge in [-0.05, 0) is 19.1 Å². The third kappa shape index (κ3) is 3.61. The third-order valence-corrected chi connectivity index (χ3v) is 3.16. The molecule has 0 amide bonds. The number of aryl methyl sites for hydroxylation is 1. The highest BCUT2D eigenvalue weighted by Crippen LogP contribution is 2.14. The number of pyridine rings is 1. The monoisotopic (exact) mass is 309 g/mol. The van der Waals surface area contributed by atoms with Gasteiger partial charge in [0.15, 0.2) is 0 Å². The summed E-state index contributed by atoms with van der Waals surface area (Å²) < 4.78 is 2.77. The molecule has 0 aliphatic rings. The molecule has 0 spiro atoms. The van der Waals surface area contributed by atoms with Crippen molar-refractivity contribution in [2.24, 2.45) is 7.05 Å². The second-order valence-electron chi connectivity index (χ2n) is 4.21. The van der Waals surface area contributed by atoms with Crippen molar-refractivity contribution in [1.29, 1.82) is 0 Å². The smallest absolute Gasteiger partial charge is 0.0839 e. The summed E-state index contributed by atoms with van der Waals surface area (Å²) in [4.78, 5) is 4.34. The van der Waals surface area contributed by atoms with E-state index in [1.165, 1.54) is 0 Å². The van der Waals surface area contributed by atoms with Gasteiger partial charge in [0, 0.05) is 42.9 Å². The Hall–Kier alpha value is -1.27. The molecule has 1 atom stereocenters. The fourth-order valence-corrected chi connectivity index (χ4v) is 2.04. The summed E-state index contributed by atoms with van der Waals surface area (Å²) in [7, 11) is 1.87. The average molecular weight is 310 g/mol. The van der Waals surface area contributed by atoms with Gasteiger partial charge in [0.05, 0.1) is 11.4 Å². The quantitative estimate of drug-likeness (QED) is 0.916. The van der Waals surface area contributed by atoms with Crippen molar-refractivity contribution in [2.45, 2.75) is 19.4 Å². The highest BCUT2D eigenvalue weighted by molar-refractivity contribution is 9.10. The molecule has 5 nitrogen and oxygen atoms in total. The molecule has 6 heteroatoms. The highest BCUT2D eigenvalue weighted by Gasteiger charge is 2.06. The van der Waals surface area contributed by atoms with Crippen LogP contribution >= 0.6 is 15.9 Å². The van der Waals surface area contributed by atoms with Crippen LogP contribution in [-0.2, 0) is 13.5 Å². The molecule has 0 radical (unpaired) electrons. The van der Waals surface area contributed by atoms with E-state index in [0.717, 1.165) is 28.8 Å². The number of aromatic nitrogens is 4. The van der Waals surface area contributed by atoms with Crippen molar-refractivity contribution >= 4 is 15.9 Å². The van der Waals surface area contributed by atoms with Gasteiger partial charge in [-0.1, -0.05) is 21.1 Å². The summed E-state index contributed by atoms with van der Waals surface area (Å²) in [5.41, 5.74) is 2.03. The van der Waals surface area contributed by atoms with E-state index >= 15 is 0 Å².